The summed E-state index contributed by atoms with van der Waals surface area (Å²) >= 11 is 0. The molecular weight excluding hydrogens is 196 g/mol. The van der Waals surface area contributed by atoms with Crippen LogP contribution in [-0.2, 0) is 11.3 Å². The SMILES string of the molecule is CCn1nc(C)c(C(O)CC(=O)O)c1C. The van der Waals surface area contributed by atoms with E-state index in [-0.39, 0.29) is 6.42 Å². The van der Waals surface area contributed by atoms with Crippen LogP contribution in [0.1, 0.15) is 36.4 Å². The molecule has 0 aliphatic carbocycles. The molecule has 5 nitrogen and oxygen atoms in total. The number of aliphatic hydroxyl groups is 1. The Labute approximate surface area is 88.3 Å². The molecular formula is C10H16N2O3. The number of carboxylic acid groups (broad SMARTS) is 1. The van der Waals surface area contributed by atoms with Crippen LogP contribution in [0.25, 0.3) is 0 Å². The number of rotatable bonds is 4. The summed E-state index contributed by atoms with van der Waals surface area (Å²) in [5, 5.41) is 22.6. The molecule has 0 aromatic carbocycles. The summed E-state index contributed by atoms with van der Waals surface area (Å²) in [6, 6.07) is 0. The van der Waals surface area contributed by atoms with Gasteiger partial charge in [0.15, 0.2) is 0 Å². The second-order valence-corrected chi connectivity index (χ2v) is 3.51. The summed E-state index contributed by atoms with van der Waals surface area (Å²) in [7, 11) is 0. The van der Waals surface area contributed by atoms with Gasteiger partial charge in [-0.05, 0) is 20.8 Å². The lowest BCUT2D eigenvalue weighted by Gasteiger charge is -2.08. The first-order valence-corrected chi connectivity index (χ1v) is 4.91. The summed E-state index contributed by atoms with van der Waals surface area (Å²) in [4.78, 5) is 10.5. The van der Waals surface area contributed by atoms with E-state index in [1.807, 2.05) is 13.8 Å². The van der Waals surface area contributed by atoms with Gasteiger partial charge in [0, 0.05) is 17.8 Å². The Morgan fingerprint density at radius 1 is 1.53 bits per heavy atom. The Kier molecular flexibility index (Phi) is 3.47. The zero-order valence-electron chi connectivity index (χ0n) is 9.19. The third-order valence-electron chi connectivity index (χ3n) is 2.44. The highest BCUT2D eigenvalue weighted by atomic mass is 16.4. The number of hydrogen-bond acceptors (Lipinski definition) is 3. The van der Waals surface area contributed by atoms with Crippen molar-refractivity contribution in [2.45, 2.75) is 39.8 Å². The van der Waals surface area contributed by atoms with Gasteiger partial charge in [-0.25, -0.2) is 0 Å². The third kappa shape index (κ3) is 2.36. The molecule has 1 aromatic rings. The van der Waals surface area contributed by atoms with Crippen LogP contribution in [0, 0.1) is 13.8 Å². The van der Waals surface area contributed by atoms with Crippen LogP contribution in [0.4, 0.5) is 0 Å². The Balaban J connectivity index is 3.02. The number of hydrogen-bond donors (Lipinski definition) is 2. The lowest BCUT2D eigenvalue weighted by molar-refractivity contribution is -0.139. The Morgan fingerprint density at radius 2 is 2.13 bits per heavy atom. The highest BCUT2D eigenvalue weighted by molar-refractivity contribution is 5.67. The fourth-order valence-electron chi connectivity index (χ4n) is 1.77. The maximum Gasteiger partial charge on any atom is 0.306 e. The summed E-state index contributed by atoms with van der Waals surface area (Å²) in [6.45, 7) is 6.28. The number of aromatic nitrogens is 2. The van der Waals surface area contributed by atoms with Gasteiger partial charge in [0.2, 0.25) is 0 Å². The van der Waals surface area contributed by atoms with E-state index in [1.165, 1.54) is 0 Å². The molecule has 15 heavy (non-hydrogen) atoms. The van der Waals surface area contributed by atoms with E-state index in [2.05, 4.69) is 5.10 Å². The van der Waals surface area contributed by atoms with Crippen LogP contribution in [0.15, 0.2) is 0 Å². The first kappa shape index (κ1) is 11.7. The predicted octanol–water partition coefficient (Wildman–Crippen LogP) is 1.03. The average molecular weight is 212 g/mol. The zero-order chi connectivity index (χ0) is 11.6. The van der Waals surface area contributed by atoms with Crippen LogP contribution in [-0.4, -0.2) is 26.0 Å². The van der Waals surface area contributed by atoms with Crippen LogP contribution in [0.2, 0.25) is 0 Å². The van der Waals surface area contributed by atoms with Crippen LogP contribution >= 0.6 is 0 Å². The molecule has 0 aliphatic heterocycles. The predicted molar refractivity (Wildman–Crippen MR) is 54.6 cm³/mol. The van der Waals surface area contributed by atoms with Crippen molar-refractivity contribution >= 4 is 5.97 Å². The van der Waals surface area contributed by atoms with Gasteiger partial charge in [0.1, 0.15) is 0 Å². The van der Waals surface area contributed by atoms with Crippen molar-refractivity contribution in [3.63, 3.8) is 0 Å². The smallest absolute Gasteiger partial charge is 0.306 e. The van der Waals surface area contributed by atoms with Crippen molar-refractivity contribution in [2.24, 2.45) is 0 Å². The van der Waals surface area contributed by atoms with E-state index >= 15 is 0 Å². The molecule has 1 aromatic heterocycles. The third-order valence-corrected chi connectivity index (χ3v) is 2.44. The van der Waals surface area contributed by atoms with Crippen LogP contribution < -0.4 is 0 Å². The van der Waals surface area contributed by atoms with E-state index in [9.17, 15) is 9.90 Å². The van der Waals surface area contributed by atoms with E-state index in [0.29, 0.717) is 17.8 Å². The van der Waals surface area contributed by atoms with Crippen molar-refractivity contribution in [2.75, 3.05) is 0 Å². The van der Waals surface area contributed by atoms with Gasteiger partial charge in [-0.3, -0.25) is 9.48 Å². The number of nitrogens with zero attached hydrogens (tertiary/aromatic N) is 2. The van der Waals surface area contributed by atoms with E-state index < -0.39 is 12.1 Å². The second kappa shape index (κ2) is 4.44. The van der Waals surface area contributed by atoms with E-state index in [0.717, 1.165) is 5.69 Å². The minimum absolute atomic E-state index is 0.281. The standard InChI is InChI=1S/C10H16N2O3/c1-4-12-7(3)10(6(2)11-12)8(13)5-9(14)15/h8,13H,4-5H2,1-3H3,(H,14,15). The molecule has 0 amide bonds. The fourth-order valence-corrected chi connectivity index (χ4v) is 1.77. The van der Waals surface area contributed by atoms with Crippen molar-refractivity contribution in [3.05, 3.63) is 17.0 Å². The number of carbonyl (C=O) groups is 1. The van der Waals surface area contributed by atoms with E-state index in [4.69, 9.17) is 5.11 Å². The minimum Gasteiger partial charge on any atom is -0.481 e. The van der Waals surface area contributed by atoms with Gasteiger partial charge >= 0.3 is 5.97 Å². The summed E-state index contributed by atoms with van der Waals surface area (Å²) in [5.41, 5.74) is 2.17. The Morgan fingerprint density at radius 3 is 2.53 bits per heavy atom. The monoisotopic (exact) mass is 212 g/mol. The molecule has 0 saturated heterocycles. The molecule has 5 heteroatoms. The summed E-state index contributed by atoms with van der Waals surface area (Å²) < 4.78 is 1.76. The van der Waals surface area contributed by atoms with Crippen molar-refractivity contribution in [1.29, 1.82) is 0 Å². The number of aryl methyl sites for hydroxylation is 2. The summed E-state index contributed by atoms with van der Waals surface area (Å²) in [5.74, 6) is -1.01. The lowest BCUT2D eigenvalue weighted by Crippen LogP contribution is -2.07. The van der Waals surface area contributed by atoms with Gasteiger partial charge in [-0.15, -0.1) is 0 Å². The van der Waals surface area contributed by atoms with Crippen LogP contribution in [0.5, 0.6) is 0 Å². The lowest BCUT2D eigenvalue weighted by atomic mass is 10.1. The maximum absolute atomic E-state index is 10.5. The normalized spacial score (nSPS) is 12.8. The number of carboxylic acids is 1. The van der Waals surface area contributed by atoms with Crippen molar-refractivity contribution < 1.29 is 15.0 Å². The molecule has 1 rings (SSSR count). The van der Waals surface area contributed by atoms with Crippen molar-refractivity contribution in [1.82, 2.24) is 9.78 Å². The average Bonchev–Trinajstić information content (AvgIpc) is 2.40. The molecule has 0 bridgehead atoms. The van der Waals surface area contributed by atoms with Crippen molar-refractivity contribution in [3.8, 4) is 0 Å². The van der Waals surface area contributed by atoms with Crippen LogP contribution in [0.3, 0.4) is 0 Å². The molecule has 0 saturated carbocycles. The summed E-state index contributed by atoms with van der Waals surface area (Å²) in [6.07, 6.45) is -1.25. The molecule has 0 radical (unpaired) electrons. The fraction of sp³-hybridized carbons (Fsp3) is 0.600. The Bertz CT molecular complexity index is 371. The number of aliphatic hydroxyl groups excluding tert-OH is 1. The molecule has 0 fully saturated rings. The second-order valence-electron chi connectivity index (χ2n) is 3.51. The van der Waals surface area contributed by atoms with Gasteiger partial charge in [0.05, 0.1) is 18.2 Å². The molecule has 0 spiro atoms. The highest BCUT2D eigenvalue weighted by Gasteiger charge is 2.20. The zero-order valence-corrected chi connectivity index (χ0v) is 9.19. The maximum atomic E-state index is 10.5. The highest BCUT2D eigenvalue weighted by Crippen LogP contribution is 2.23. The van der Waals surface area contributed by atoms with Gasteiger partial charge in [-0.2, -0.15) is 5.10 Å². The largest absolute Gasteiger partial charge is 0.481 e. The van der Waals surface area contributed by atoms with E-state index in [1.54, 1.807) is 11.6 Å². The first-order valence-electron chi connectivity index (χ1n) is 4.91. The minimum atomic E-state index is -1.01. The molecule has 1 atom stereocenters. The van der Waals surface area contributed by atoms with Gasteiger partial charge in [0.25, 0.3) is 0 Å². The molecule has 1 heterocycles. The number of aliphatic carboxylic acids is 1. The molecule has 2 N–H and O–H groups in total. The molecule has 1 unspecified atom stereocenters. The topological polar surface area (TPSA) is 75.3 Å². The molecule has 84 valence electrons. The Hall–Kier alpha value is -1.36. The van der Waals surface area contributed by atoms with Gasteiger partial charge < -0.3 is 10.2 Å². The first-order chi connectivity index (χ1) is 6.97. The van der Waals surface area contributed by atoms with Gasteiger partial charge in [-0.1, -0.05) is 0 Å². The molecule has 0 aliphatic rings. The quantitative estimate of drug-likeness (QED) is 0.781.